The standard InChI is InChI=1S/C7H14N2O.C2H7N/c8-6-7(10)9-4-2-1-3-5-9;1-2-3/h1-6,8H2;2-3H2,1H3. The first kappa shape index (κ1) is 12.4. The Balaban J connectivity index is 0.000000424. The number of hydrogen-bond donors (Lipinski definition) is 2. The Morgan fingerprint density at radius 1 is 1.23 bits per heavy atom. The summed E-state index contributed by atoms with van der Waals surface area (Å²) in [6.07, 6.45) is 3.55. The lowest BCUT2D eigenvalue weighted by atomic mass is 10.1. The molecule has 4 heteroatoms. The third-order valence-corrected chi connectivity index (χ3v) is 1.88. The van der Waals surface area contributed by atoms with Crippen LogP contribution in [0.25, 0.3) is 0 Å². The summed E-state index contributed by atoms with van der Waals surface area (Å²) in [4.78, 5) is 12.8. The normalized spacial score (nSPS) is 16.1. The summed E-state index contributed by atoms with van der Waals surface area (Å²) >= 11 is 0. The maximum absolute atomic E-state index is 11.0. The fraction of sp³-hybridized carbons (Fsp3) is 0.889. The smallest absolute Gasteiger partial charge is 0.236 e. The highest BCUT2D eigenvalue weighted by atomic mass is 16.2. The second kappa shape index (κ2) is 8.01. The van der Waals surface area contributed by atoms with Crippen molar-refractivity contribution in [2.24, 2.45) is 11.5 Å². The van der Waals surface area contributed by atoms with Crippen LogP contribution >= 0.6 is 0 Å². The Hall–Kier alpha value is -0.610. The summed E-state index contributed by atoms with van der Waals surface area (Å²) in [5, 5.41) is 0. The van der Waals surface area contributed by atoms with Crippen LogP contribution in [0, 0.1) is 0 Å². The van der Waals surface area contributed by atoms with Crippen molar-refractivity contribution in [1.29, 1.82) is 0 Å². The number of nitrogens with zero attached hydrogens (tertiary/aromatic N) is 1. The van der Waals surface area contributed by atoms with Crippen molar-refractivity contribution >= 4 is 5.91 Å². The van der Waals surface area contributed by atoms with Crippen LogP contribution in [0.2, 0.25) is 0 Å². The molecule has 1 heterocycles. The average Bonchev–Trinajstić information content (AvgIpc) is 2.19. The molecular weight excluding hydrogens is 166 g/mol. The zero-order valence-corrected chi connectivity index (χ0v) is 8.46. The molecule has 0 bridgehead atoms. The molecule has 0 aromatic heterocycles. The minimum absolute atomic E-state index is 0.0969. The number of rotatable bonds is 1. The van der Waals surface area contributed by atoms with Gasteiger partial charge >= 0.3 is 0 Å². The molecule has 0 spiro atoms. The molecule has 13 heavy (non-hydrogen) atoms. The Bertz CT molecular complexity index is 133. The van der Waals surface area contributed by atoms with Gasteiger partial charge in [0.15, 0.2) is 0 Å². The number of carbonyl (C=O) groups is 1. The van der Waals surface area contributed by atoms with Gasteiger partial charge in [-0.15, -0.1) is 0 Å². The first-order valence-electron chi connectivity index (χ1n) is 4.94. The third kappa shape index (κ3) is 5.60. The van der Waals surface area contributed by atoms with E-state index in [9.17, 15) is 4.79 Å². The Morgan fingerprint density at radius 2 is 1.69 bits per heavy atom. The van der Waals surface area contributed by atoms with Crippen LogP contribution in [0.1, 0.15) is 26.2 Å². The number of piperidine rings is 1. The summed E-state index contributed by atoms with van der Waals surface area (Å²) in [5.74, 6) is 0.0969. The summed E-state index contributed by atoms with van der Waals surface area (Å²) < 4.78 is 0. The Morgan fingerprint density at radius 3 is 2.08 bits per heavy atom. The maximum atomic E-state index is 11.0. The Kier molecular flexibility index (Phi) is 7.63. The molecule has 0 saturated carbocycles. The largest absolute Gasteiger partial charge is 0.342 e. The molecule has 0 aliphatic carbocycles. The second-order valence-electron chi connectivity index (χ2n) is 3.05. The van der Waals surface area contributed by atoms with Gasteiger partial charge < -0.3 is 16.4 Å². The topological polar surface area (TPSA) is 72.3 Å². The van der Waals surface area contributed by atoms with Crippen molar-refractivity contribution in [2.45, 2.75) is 26.2 Å². The minimum atomic E-state index is 0.0969. The van der Waals surface area contributed by atoms with Gasteiger partial charge in [0, 0.05) is 13.1 Å². The molecule has 1 saturated heterocycles. The maximum Gasteiger partial charge on any atom is 0.236 e. The van der Waals surface area contributed by atoms with Crippen molar-refractivity contribution < 1.29 is 4.79 Å². The van der Waals surface area contributed by atoms with Gasteiger partial charge in [-0.05, 0) is 25.8 Å². The molecule has 1 amide bonds. The van der Waals surface area contributed by atoms with E-state index in [2.05, 4.69) is 0 Å². The quantitative estimate of drug-likeness (QED) is 0.603. The molecule has 4 nitrogen and oxygen atoms in total. The van der Waals surface area contributed by atoms with Crippen molar-refractivity contribution in [3.8, 4) is 0 Å². The van der Waals surface area contributed by atoms with Gasteiger partial charge in [0.25, 0.3) is 0 Å². The van der Waals surface area contributed by atoms with E-state index in [0.29, 0.717) is 0 Å². The van der Waals surface area contributed by atoms with Gasteiger partial charge in [-0.1, -0.05) is 6.92 Å². The van der Waals surface area contributed by atoms with Crippen molar-refractivity contribution in [1.82, 2.24) is 4.90 Å². The van der Waals surface area contributed by atoms with E-state index >= 15 is 0 Å². The van der Waals surface area contributed by atoms with Crippen molar-refractivity contribution in [3.05, 3.63) is 0 Å². The number of carbonyl (C=O) groups excluding carboxylic acids is 1. The fourth-order valence-corrected chi connectivity index (χ4v) is 1.27. The van der Waals surface area contributed by atoms with E-state index in [0.717, 1.165) is 32.5 Å². The SMILES string of the molecule is CCN.NCC(=O)N1CCCCC1. The predicted octanol–water partition coefficient (Wildman–Crippen LogP) is -0.0774. The van der Waals surface area contributed by atoms with E-state index in [-0.39, 0.29) is 12.5 Å². The van der Waals surface area contributed by atoms with Crippen LogP contribution in [0.4, 0.5) is 0 Å². The zero-order valence-electron chi connectivity index (χ0n) is 8.46. The molecule has 0 aromatic carbocycles. The molecule has 0 unspecified atom stereocenters. The molecule has 1 fully saturated rings. The number of hydrogen-bond acceptors (Lipinski definition) is 3. The summed E-state index contributed by atoms with van der Waals surface area (Å²) in [7, 11) is 0. The lowest BCUT2D eigenvalue weighted by Crippen LogP contribution is -2.39. The molecule has 1 aliphatic heterocycles. The van der Waals surface area contributed by atoms with Crippen LogP contribution < -0.4 is 11.5 Å². The Labute approximate surface area is 80.3 Å². The van der Waals surface area contributed by atoms with Crippen LogP contribution in [-0.2, 0) is 4.79 Å². The van der Waals surface area contributed by atoms with Gasteiger partial charge in [-0.25, -0.2) is 0 Å². The molecule has 0 radical (unpaired) electrons. The second-order valence-corrected chi connectivity index (χ2v) is 3.05. The highest BCUT2D eigenvalue weighted by Gasteiger charge is 2.13. The summed E-state index contributed by atoms with van der Waals surface area (Å²) in [5.41, 5.74) is 10.1. The molecule has 4 N–H and O–H groups in total. The van der Waals surface area contributed by atoms with Crippen molar-refractivity contribution in [3.63, 3.8) is 0 Å². The highest BCUT2D eigenvalue weighted by Crippen LogP contribution is 2.07. The van der Waals surface area contributed by atoms with Gasteiger partial charge in [-0.2, -0.15) is 0 Å². The van der Waals surface area contributed by atoms with E-state index in [1.807, 2.05) is 11.8 Å². The van der Waals surface area contributed by atoms with Gasteiger partial charge in [0.1, 0.15) is 0 Å². The predicted molar refractivity (Wildman–Crippen MR) is 54.2 cm³/mol. The molecule has 78 valence electrons. The van der Waals surface area contributed by atoms with Gasteiger partial charge in [0.2, 0.25) is 5.91 Å². The first-order valence-corrected chi connectivity index (χ1v) is 4.94. The summed E-state index contributed by atoms with van der Waals surface area (Å²) in [6.45, 7) is 4.64. The van der Waals surface area contributed by atoms with E-state index in [1.54, 1.807) is 0 Å². The lowest BCUT2D eigenvalue weighted by molar-refractivity contribution is -0.130. The number of nitrogens with two attached hydrogens (primary N) is 2. The zero-order chi connectivity index (χ0) is 10.1. The van der Waals surface area contributed by atoms with Crippen LogP contribution in [0.3, 0.4) is 0 Å². The molecule has 0 aromatic rings. The highest BCUT2D eigenvalue weighted by molar-refractivity contribution is 5.78. The van der Waals surface area contributed by atoms with Gasteiger partial charge in [0.05, 0.1) is 6.54 Å². The third-order valence-electron chi connectivity index (χ3n) is 1.88. The van der Waals surface area contributed by atoms with Crippen LogP contribution in [0.15, 0.2) is 0 Å². The summed E-state index contributed by atoms with van der Waals surface area (Å²) in [6, 6.07) is 0. The van der Waals surface area contributed by atoms with Crippen LogP contribution in [-0.4, -0.2) is 37.0 Å². The van der Waals surface area contributed by atoms with E-state index in [1.165, 1.54) is 6.42 Å². The first-order chi connectivity index (χ1) is 6.26. The van der Waals surface area contributed by atoms with Crippen LogP contribution in [0.5, 0.6) is 0 Å². The lowest BCUT2D eigenvalue weighted by Gasteiger charge is -2.25. The minimum Gasteiger partial charge on any atom is -0.342 e. The van der Waals surface area contributed by atoms with E-state index < -0.39 is 0 Å². The fourth-order valence-electron chi connectivity index (χ4n) is 1.27. The van der Waals surface area contributed by atoms with Crippen molar-refractivity contribution in [2.75, 3.05) is 26.2 Å². The van der Waals surface area contributed by atoms with Gasteiger partial charge in [-0.3, -0.25) is 4.79 Å². The molecule has 1 rings (SSSR count). The monoisotopic (exact) mass is 187 g/mol. The average molecular weight is 187 g/mol. The van der Waals surface area contributed by atoms with E-state index in [4.69, 9.17) is 11.5 Å². The molecular formula is C9H21N3O. The number of likely N-dealkylation sites (tertiary alicyclic amines) is 1. The number of amides is 1. The molecule has 1 aliphatic rings. The molecule has 0 atom stereocenters.